The normalized spacial score (nSPS) is 14.4. The molecule has 0 aliphatic carbocycles. The molecule has 1 aromatic carbocycles. The Morgan fingerprint density at radius 2 is 1.77 bits per heavy atom. The van der Waals surface area contributed by atoms with E-state index in [9.17, 15) is 0 Å². The van der Waals surface area contributed by atoms with E-state index < -0.39 is 5.54 Å². The first-order chi connectivity index (χ1) is 5.56. The maximum absolute atomic E-state index is 8.99. The predicted octanol–water partition coefficient (Wildman–Crippen LogP) is 0.980. The Hall–Kier alpha value is -0.770. The Balaban J connectivity index is 0.00000144. The number of nitrogens with two attached hydrogens (primary N) is 1. The highest BCUT2D eigenvalue weighted by molar-refractivity contribution is 5.85. The van der Waals surface area contributed by atoms with Gasteiger partial charge in [0.05, 0.1) is 12.1 Å². The Morgan fingerprint density at radius 3 is 2.15 bits per heavy atom. The average molecular weight is 204 g/mol. The highest BCUT2D eigenvalue weighted by atomic mass is 35.5. The van der Waals surface area contributed by atoms with Crippen LogP contribution in [0.2, 0.25) is 0 Å². The van der Waals surface area contributed by atoms with Gasteiger partial charge in [0, 0.05) is 0 Å². The molecule has 1 unspecified atom stereocenters. The van der Waals surface area contributed by atoms with Gasteiger partial charge in [-0.2, -0.15) is 0 Å². The van der Waals surface area contributed by atoms with Crippen LogP contribution in [-0.2, 0) is 5.54 Å². The van der Waals surface area contributed by atoms with E-state index in [1.165, 1.54) is 0 Å². The SMILES string of the molecule is CC(N)(CO)c1ccc(O)cc1.Cl. The summed E-state index contributed by atoms with van der Waals surface area (Å²) < 4.78 is 0. The van der Waals surface area contributed by atoms with Crippen LogP contribution in [0.1, 0.15) is 12.5 Å². The molecule has 4 heteroatoms. The number of phenolic OH excluding ortho intramolecular Hbond substituents is 1. The molecule has 0 amide bonds. The molecule has 1 rings (SSSR count). The van der Waals surface area contributed by atoms with Crippen molar-refractivity contribution >= 4 is 12.4 Å². The summed E-state index contributed by atoms with van der Waals surface area (Å²) in [4.78, 5) is 0. The van der Waals surface area contributed by atoms with E-state index in [-0.39, 0.29) is 24.8 Å². The van der Waals surface area contributed by atoms with E-state index in [1.807, 2.05) is 0 Å². The molecule has 0 aliphatic rings. The first kappa shape index (κ1) is 12.2. The van der Waals surface area contributed by atoms with Gasteiger partial charge in [0.25, 0.3) is 0 Å². The first-order valence-electron chi connectivity index (χ1n) is 3.75. The highest BCUT2D eigenvalue weighted by Crippen LogP contribution is 2.19. The minimum atomic E-state index is -0.728. The Kier molecular flexibility index (Phi) is 4.20. The van der Waals surface area contributed by atoms with Crippen LogP contribution in [0.15, 0.2) is 24.3 Å². The summed E-state index contributed by atoms with van der Waals surface area (Å²) in [6, 6.07) is 6.50. The molecule has 0 saturated heterocycles. The number of rotatable bonds is 2. The van der Waals surface area contributed by atoms with Gasteiger partial charge in [-0.15, -0.1) is 12.4 Å². The number of halogens is 1. The van der Waals surface area contributed by atoms with Crippen molar-refractivity contribution in [2.24, 2.45) is 5.73 Å². The van der Waals surface area contributed by atoms with Crippen molar-refractivity contribution in [2.45, 2.75) is 12.5 Å². The third-order valence-corrected chi connectivity index (χ3v) is 1.86. The fourth-order valence-electron chi connectivity index (χ4n) is 0.933. The summed E-state index contributed by atoms with van der Waals surface area (Å²) in [5, 5.41) is 17.9. The van der Waals surface area contributed by atoms with Crippen LogP contribution in [0.25, 0.3) is 0 Å². The molecule has 1 atom stereocenters. The molecule has 0 saturated carbocycles. The van der Waals surface area contributed by atoms with Crippen LogP contribution in [0, 0.1) is 0 Å². The summed E-state index contributed by atoms with van der Waals surface area (Å²) in [5.41, 5.74) is 5.84. The van der Waals surface area contributed by atoms with E-state index in [1.54, 1.807) is 31.2 Å². The van der Waals surface area contributed by atoms with Gasteiger partial charge in [-0.1, -0.05) is 12.1 Å². The van der Waals surface area contributed by atoms with Crippen LogP contribution in [0.5, 0.6) is 5.75 Å². The number of aliphatic hydroxyl groups excluding tert-OH is 1. The van der Waals surface area contributed by atoms with Crippen LogP contribution in [0.3, 0.4) is 0 Å². The average Bonchev–Trinajstić information content (AvgIpc) is 2.05. The van der Waals surface area contributed by atoms with Crippen molar-refractivity contribution in [1.82, 2.24) is 0 Å². The number of hydrogen-bond donors (Lipinski definition) is 3. The van der Waals surface area contributed by atoms with Gasteiger partial charge in [-0.05, 0) is 24.6 Å². The molecular weight excluding hydrogens is 190 g/mol. The maximum Gasteiger partial charge on any atom is 0.115 e. The van der Waals surface area contributed by atoms with Crippen LogP contribution in [-0.4, -0.2) is 16.8 Å². The van der Waals surface area contributed by atoms with E-state index in [4.69, 9.17) is 15.9 Å². The fraction of sp³-hybridized carbons (Fsp3) is 0.333. The van der Waals surface area contributed by atoms with Gasteiger partial charge >= 0.3 is 0 Å². The molecule has 0 spiro atoms. The lowest BCUT2D eigenvalue weighted by Gasteiger charge is -2.21. The first-order valence-corrected chi connectivity index (χ1v) is 3.75. The number of aromatic hydroxyl groups is 1. The standard InChI is InChI=1S/C9H13NO2.ClH/c1-9(10,6-11)7-2-4-8(12)5-3-7;/h2-5,11-12H,6,10H2,1H3;1H. The summed E-state index contributed by atoms with van der Waals surface area (Å²) >= 11 is 0. The molecule has 0 heterocycles. The lowest BCUT2D eigenvalue weighted by Crippen LogP contribution is -2.36. The fourth-order valence-corrected chi connectivity index (χ4v) is 0.933. The van der Waals surface area contributed by atoms with Crippen LogP contribution < -0.4 is 5.73 Å². The molecule has 0 radical (unpaired) electrons. The molecule has 3 nitrogen and oxygen atoms in total. The molecule has 0 fully saturated rings. The second-order valence-corrected chi connectivity index (χ2v) is 3.12. The minimum absolute atomic E-state index is 0. The molecule has 0 aliphatic heterocycles. The molecule has 74 valence electrons. The second kappa shape index (κ2) is 4.46. The van der Waals surface area contributed by atoms with Crippen molar-refractivity contribution in [1.29, 1.82) is 0 Å². The van der Waals surface area contributed by atoms with Gasteiger partial charge in [0.15, 0.2) is 0 Å². The summed E-state index contributed by atoms with van der Waals surface area (Å²) in [7, 11) is 0. The molecule has 13 heavy (non-hydrogen) atoms. The van der Waals surface area contributed by atoms with Gasteiger partial charge in [-0.3, -0.25) is 0 Å². The summed E-state index contributed by atoms with van der Waals surface area (Å²) in [6.45, 7) is 1.62. The molecule has 1 aromatic rings. The maximum atomic E-state index is 8.99. The smallest absolute Gasteiger partial charge is 0.115 e. The largest absolute Gasteiger partial charge is 0.508 e. The van der Waals surface area contributed by atoms with Crippen molar-refractivity contribution in [3.05, 3.63) is 29.8 Å². The molecular formula is C9H14ClNO2. The lowest BCUT2D eigenvalue weighted by atomic mass is 9.94. The lowest BCUT2D eigenvalue weighted by molar-refractivity contribution is 0.210. The monoisotopic (exact) mass is 203 g/mol. The van der Waals surface area contributed by atoms with Gasteiger partial charge < -0.3 is 15.9 Å². The topological polar surface area (TPSA) is 66.5 Å². The van der Waals surface area contributed by atoms with Crippen molar-refractivity contribution in [2.75, 3.05) is 6.61 Å². The van der Waals surface area contributed by atoms with Crippen molar-refractivity contribution in [3.8, 4) is 5.75 Å². The Labute approximate surface area is 83.6 Å². The predicted molar refractivity (Wildman–Crippen MR) is 54.0 cm³/mol. The van der Waals surface area contributed by atoms with Crippen LogP contribution in [0.4, 0.5) is 0 Å². The van der Waals surface area contributed by atoms with Crippen molar-refractivity contribution in [3.63, 3.8) is 0 Å². The molecule has 0 aromatic heterocycles. The number of benzene rings is 1. The van der Waals surface area contributed by atoms with Gasteiger partial charge in [0.1, 0.15) is 5.75 Å². The Morgan fingerprint density at radius 1 is 1.31 bits per heavy atom. The third-order valence-electron chi connectivity index (χ3n) is 1.86. The third kappa shape index (κ3) is 2.88. The second-order valence-electron chi connectivity index (χ2n) is 3.12. The van der Waals surface area contributed by atoms with E-state index >= 15 is 0 Å². The highest BCUT2D eigenvalue weighted by Gasteiger charge is 2.19. The van der Waals surface area contributed by atoms with E-state index in [2.05, 4.69) is 0 Å². The number of aliphatic hydroxyl groups is 1. The molecule has 4 N–H and O–H groups in total. The van der Waals surface area contributed by atoms with Gasteiger partial charge in [0.2, 0.25) is 0 Å². The summed E-state index contributed by atoms with van der Waals surface area (Å²) in [5.74, 6) is 0.201. The number of hydrogen-bond acceptors (Lipinski definition) is 3. The van der Waals surface area contributed by atoms with E-state index in [0.717, 1.165) is 5.56 Å². The minimum Gasteiger partial charge on any atom is -0.508 e. The number of phenols is 1. The van der Waals surface area contributed by atoms with Crippen molar-refractivity contribution < 1.29 is 10.2 Å². The quantitative estimate of drug-likeness (QED) is 0.672. The van der Waals surface area contributed by atoms with Gasteiger partial charge in [-0.25, -0.2) is 0 Å². The zero-order chi connectivity index (χ0) is 9.19. The zero-order valence-corrected chi connectivity index (χ0v) is 8.21. The zero-order valence-electron chi connectivity index (χ0n) is 7.40. The summed E-state index contributed by atoms with van der Waals surface area (Å²) in [6.07, 6.45) is 0. The molecule has 0 bridgehead atoms. The van der Waals surface area contributed by atoms with Crippen LogP contribution >= 0.6 is 12.4 Å². The Bertz CT molecular complexity index is 259. The van der Waals surface area contributed by atoms with E-state index in [0.29, 0.717) is 0 Å².